The second kappa shape index (κ2) is 9.05. The van der Waals surface area contributed by atoms with E-state index in [1.165, 1.54) is 5.56 Å². The summed E-state index contributed by atoms with van der Waals surface area (Å²) < 4.78 is 7.91. The highest BCUT2D eigenvalue weighted by Crippen LogP contribution is 2.29. The zero-order valence-electron chi connectivity index (χ0n) is 16.6. The fraction of sp³-hybridized carbons (Fsp3) is 0.167. The smallest absolute Gasteiger partial charge is 0.256 e. The molecule has 1 aromatic heterocycles. The molecule has 3 aromatic carbocycles. The third-order valence-corrected chi connectivity index (χ3v) is 6.75. The SMILES string of the molecule is CCC(C)c1ccc2oc(-c3cccc(NC(=O)c4cc(I)ccc4I)c3)nc2c1. The summed E-state index contributed by atoms with van der Waals surface area (Å²) in [7, 11) is 0. The Morgan fingerprint density at radius 3 is 2.73 bits per heavy atom. The van der Waals surface area contributed by atoms with Crippen molar-refractivity contribution in [3.63, 3.8) is 0 Å². The maximum absolute atomic E-state index is 12.7. The summed E-state index contributed by atoms with van der Waals surface area (Å²) in [4.78, 5) is 17.4. The van der Waals surface area contributed by atoms with Crippen LogP contribution in [-0.4, -0.2) is 10.9 Å². The Morgan fingerprint density at radius 1 is 1.10 bits per heavy atom. The minimum Gasteiger partial charge on any atom is -0.436 e. The van der Waals surface area contributed by atoms with E-state index < -0.39 is 0 Å². The van der Waals surface area contributed by atoms with Crippen LogP contribution in [0, 0.1) is 7.14 Å². The Hall–Kier alpha value is -1.94. The molecule has 1 N–H and O–H groups in total. The van der Waals surface area contributed by atoms with E-state index in [0.717, 1.165) is 30.2 Å². The number of benzene rings is 3. The largest absolute Gasteiger partial charge is 0.436 e. The van der Waals surface area contributed by atoms with Gasteiger partial charge < -0.3 is 9.73 Å². The Balaban J connectivity index is 1.61. The number of hydrogen-bond acceptors (Lipinski definition) is 3. The van der Waals surface area contributed by atoms with Crippen LogP contribution in [0.5, 0.6) is 0 Å². The molecule has 4 rings (SSSR count). The summed E-state index contributed by atoms with van der Waals surface area (Å²) in [6.45, 7) is 4.39. The van der Waals surface area contributed by atoms with Crippen molar-refractivity contribution >= 4 is 67.9 Å². The van der Waals surface area contributed by atoms with Crippen LogP contribution in [0.2, 0.25) is 0 Å². The number of amides is 1. The van der Waals surface area contributed by atoms with Crippen molar-refractivity contribution < 1.29 is 9.21 Å². The minimum atomic E-state index is -0.133. The molecule has 1 atom stereocenters. The van der Waals surface area contributed by atoms with Crippen LogP contribution < -0.4 is 5.32 Å². The lowest BCUT2D eigenvalue weighted by atomic mass is 9.98. The number of carbonyl (C=O) groups excluding carboxylic acids is 1. The molecule has 0 spiro atoms. The average Bonchev–Trinajstić information content (AvgIpc) is 3.18. The lowest BCUT2D eigenvalue weighted by Gasteiger charge is -2.08. The number of oxazole rings is 1. The van der Waals surface area contributed by atoms with E-state index in [4.69, 9.17) is 4.42 Å². The number of nitrogens with zero attached hydrogens (tertiary/aromatic N) is 1. The van der Waals surface area contributed by atoms with Crippen LogP contribution in [0.25, 0.3) is 22.6 Å². The van der Waals surface area contributed by atoms with Crippen molar-refractivity contribution in [2.45, 2.75) is 26.2 Å². The summed E-state index contributed by atoms with van der Waals surface area (Å²) in [5, 5.41) is 2.99. The molecule has 4 aromatic rings. The molecule has 0 saturated carbocycles. The van der Waals surface area contributed by atoms with Gasteiger partial charge in [-0.15, -0.1) is 0 Å². The molecular formula is C24H20I2N2O2. The Kier molecular flexibility index (Phi) is 6.43. The first-order chi connectivity index (χ1) is 14.4. The van der Waals surface area contributed by atoms with E-state index >= 15 is 0 Å². The third kappa shape index (κ3) is 4.54. The highest BCUT2D eigenvalue weighted by atomic mass is 127. The molecule has 6 heteroatoms. The standard InChI is InChI=1S/C24H20I2N2O2/c1-3-14(2)15-7-10-22-21(12-15)28-24(30-22)16-5-4-6-18(11-16)27-23(29)19-13-17(25)8-9-20(19)26/h4-14H,3H2,1-2H3,(H,27,29). The lowest BCUT2D eigenvalue weighted by molar-refractivity contribution is 0.102. The molecule has 0 radical (unpaired) electrons. The van der Waals surface area contributed by atoms with Gasteiger partial charge in [0.1, 0.15) is 5.52 Å². The molecule has 30 heavy (non-hydrogen) atoms. The molecule has 0 bridgehead atoms. The van der Waals surface area contributed by atoms with Gasteiger partial charge in [0.2, 0.25) is 5.89 Å². The van der Waals surface area contributed by atoms with E-state index in [9.17, 15) is 4.79 Å². The average molecular weight is 622 g/mol. The van der Waals surface area contributed by atoms with Gasteiger partial charge in [-0.05, 0) is 112 Å². The molecule has 0 fully saturated rings. The molecular weight excluding hydrogens is 602 g/mol. The Morgan fingerprint density at radius 2 is 1.93 bits per heavy atom. The van der Waals surface area contributed by atoms with Crippen LogP contribution in [0.3, 0.4) is 0 Å². The zero-order valence-corrected chi connectivity index (χ0v) is 20.9. The monoisotopic (exact) mass is 622 g/mol. The summed E-state index contributed by atoms with van der Waals surface area (Å²) in [6.07, 6.45) is 1.08. The van der Waals surface area contributed by atoms with Gasteiger partial charge in [0.15, 0.2) is 5.58 Å². The van der Waals surface area contributed by atoms with E-state index in [0.29, 0.717) is 23.1 Å². The second-order valence-corrected chi connectivity index (χ2v) is 9.62. The molecule has 152 valence electrons. The van der Waals surface area contributed by atoms with Crippen molar-refractivity contribution in [2.75, 3.05) is 5.32 Å². The first-order valence-electron chi connectivity index (χ1n) is 9.72. The summed E-state index contributed by atoms with van der Waals surface area (Å²) in [5.74, 6) is 0.897. The van der Waals surface area contributed by atoms with Crippen LogP contribution in [0.4, 0.5) is 5.69 Å². The maximum Gasteiger partial charge on any atom is 0.256 e. The van der Waals surface area contributed by atoms with Gasteiger partial charge in [-0.3, -0.25) is 4.79 Å². The number of carbonyl (C=O) groups is 1. The first kappa shape index (κ1) is 21.3. The van der Waals surface area contributed by atoms with Crippen LogP contribution in [0.1, 0.15) is 42.1 Å². The number of nitrogens with one attached hydrogen (secondary N) is 1. The molecule has 0 aliphatic carbocycles. The zero-order chi connectivity index (χ0) is 21.3. The number of aromatic nitrogens is 1. The molecule has 1 amide bonds. The van der Waals surface area contributed by atoms with Crippen LogP contribution in [0.15, 0.2) is 65.1 Å². The Labute approximate surface area is 202 Å². The molecule has 4 nitrogen and oxygen atoms in total. The first-order valence-corrected chi connectivity index (χ1v) is 11.9. The van der Waals surface area contributed by atoms with Crippen molar-refractivity contribution in [1.29, 1.82) is 0 Å². The molecule has 1 heterocycles. The number of fused-ring (bicyclic) bond motifs is 1. The molecule has 0 aliphatic rings. The summed E-state index contributed by atoms with van der Waals surface area (Å²) in [6, 6.07) is 19.6. The predicted molar refractivity (Wildman–Crippen MR) is 138 cm³/mol. The van der Waals surface area contributed by atoms with Gasteiger partial charge in [0.05, 0.1) is 5.56 Å². The fourth-order valence-corrected chi connectivity index (χ4v) is 4.28. The van der Waals surface area contributed by atoms with E-state index in [-0.39, 0.29) is 5.91 Å². The van der Waals surface area contributed by atoms with Crippen molar-refractivity contribution in [1.82, 2.24) is 4.98 Å². The number of rotatable bonds is 5. The van der Waals surface area contributed by atoms with Crippen molar-refractivity contribution in [3.8, 4) is 11.5 Å². The highest BCUT2D eigenvalue weighted by molar-refractivity contribution is 14.1. The van der Waals surface area contributed by atoms with Crippen molar-refractivity contribution in [3.05, 3.63) is 78.9 Å². The summed E-state index contributed by atoms with van der Waals surface area (Å²) in [5.41, 5.74) is 5.07. The normalized spacial score (nSPS) is 12.1. The van der Waals surface area contributed by atoms with Crippen LogP contribution in [-0.2, 0) is 0 Å². The van der Waals surface area contributed by atoms with Gasteiger partial charge in [0.25, 0.3) is 5.91 Å². The van der Waals surface area contributed by atoms with Gasteiger partial charge in [-0.1, -0.05) is 26.0 Å². The van der Waals surface area contributed by atoms with Gasteiger partial charge in [-0.2, -0.15) is 0 Å². The second-order valence-electron chi connectivity index (χ2n) is 7.21. The number of anilines is 1. The van der Waals surface area contributed by atoms with E-state index in [2.05, 4.69) is 81.5 Å². The van der Waals surface area contributed by atoms with Gasteiger partial charge in [-0.25, -0.2) is 4.98 Å². The number of hydrogen-bond donors (Lipinski definition) is 1. The molecule has 0 aliphatic heterocycles. The fourth-order valence-electron chi connectivity index (χ4n) is 3.21. The predicted octanol–water partition coefficient (Wildman–Crippen LogP) is 7.47. The van der Waals surface area contributed by atoms with Gasteiger partial charge >= 0.3 is 0 Å². The maximum atomic E-state index is 12.7. The lowest BCUT2D eigenvalue weighted by Crippen LogP contribution is -2.13. The van der Waals surface area contributed by atoms with E-state index in [1.54, 1.807) is 0 Å². The van der Waals surface area contributed by atoms with Gasteiger partial charge in [0, 0.05) is 18.4 Å². The highest BCUT2D eigenvalue weighted by Gasteiger charge is 2.14. The Bertz CT molecular complexity index is 1230. The van der Waals surface area contributed by atoms with E-state index in [1.807, 2.05) is 48.5 Å². The quantitative estimate of drug-likeness (QED) is 0.235. The molecule has 1 unspecified atom stereocenters. The topological polar surface area (TPSA) is 55.1 Å². The van der Waals surface area contributed by atoms with Crippen LogP contribution >= 0.6 is 45.2 Å². The third-order valence-electron chi connectivity index (χ3n) is 5.13. The number of halogens is 2. The van der Waals surface area contributed by atoms with Crippen molar-refractivity contribution in [2.24, 2.45) is 0 Å². The summed E-state index contributed by atoms with van der Waals surface area (Å²) >= 11 is 4.39. The molecule has 0 saturated heterocycles. The minimum absolute atomic E-state index is 0.133.